The van der Waals surface area contributed by atoms with Crippen LogP contribution in [0.5, 0.6) is 0 Å². The fourth-order valence-electron chi connectivity index (χ4n) is 1.70. The average Bonchev–Trinajstić information content (AvgIpc) is 2.24. The van der Waals surface area contributed by atoms with Gasteiger partial charge < -0.3 is 10.4 Å². The highest BCUT2D eigenvalue weighted by Gasteiger charge is 2.05. The molecule has 0 saturated heterocycles. The van der Waals surface area contributed by atoms with E-state index in [0.717, 1.165) is 32.4 Å². The Hall–Kier alpha value is -0.590. The van der Waals surface area contributed by atoms with E-state index in [2.05, 4.69) is 18.3 Å². The molecule has 0 amide bonds. The molecule has 0 aromatic rings. The van der Waals surface area contributed by atoms with Crippen LogP contribution < -0.4 is 5.32 Å². The molecule has 15 heavy (non-hydrogen) atoms. The summed E-state index contributed by atoms with van der Waals surface area (Å²) in [5, 5.41) is 20.6. The summed E-state index contributed by atoms with van der Waals surface area (Å²) in [6.45, 7) is 4.46. The number of aliphatic hydroxyl groups is 1. The molecular formula is C12H24N2O. The number of hydrogen-bond acceptors (Lipinski definition) is 3. The number of nitrogens with one attached hydrogen (secondary N) is 1. The standard InChI is InChI=1S/C12H24N2O/c1-2-6-12(7-10-15)11-14-9-5-3-4-8-13/h12,14-15H,2-7,9-11H2,1H3. The van der Waals surface area contributed by atoms with Crippen molar-refractivity contribution >= 4 is 0 Å². The second-order valence-corrected chi connectivity index (χ2v) is 3.99. The van der Waals surface area contributed by atoms with Gasteiger partial charge in [-0.05, 0) is 44.7 Å². The molecular weight excluding hydrogens is 188 g/mol. The zero-order chi connectivity index (χ0) is 11.4. The molecule has 0 aliphatic carbocycles. The van der Waals surface area contributed by atoms with Gasteiger partial charge in [-0.25, -0.2) is 0 Å². The van der Waals surface area contributed by atoms with Gasteiger partial charge in [0.1, 0.15) is 0 Å². The van der Waals surface area contributed by atoms with E-state index in [9.17, 15) is 0 Å². The largest absolute Gasteiger partial charge is 0.396 e. The molecule has 0 rings (SSSR count). The number of nitriles is 1. The smallest absolute Gasteiger partial charge is 0.0621 e. The first-order valence-electron chi connectivity index (χ1n) is 6.03. The molecule has 88 valence electrons. The van der Waals surface area contributed by atoms with Gasteiger partial charge in [-0.15, -0.1) is 0 Å². The Morgan fingerprint density at radius 1 is 1.33 bits per heavy atom. The Morgan fingerprint density at radius 2 is 2.13 bits per heavy atom. The first kappa shape index (κ1) is 14.4. The minimum Gasteiger partial charge on any atom is -0.396 e. The summed E-state index contributed by atoms with van der Waals surface area (Å²) < 4.78 is 0. The number of hydrogen-bond donors (Lipinski definition) is 2. The molecule has 0 aromatic carbocycles. The molecule has 0 bridgehead atoms. The SMILES string of the molecule is CCCC(CCO)CNCCCCC#N. The first-order chi connectivity index (χ1) is 7.35. The minimum absolute atomic E-state index is 0.292. The molecule has 1 atom stereocenters. The predicted molar refractivity (Wildman–Crippen MR) is 62.4 cm³/mol. The van der Waals surface area contributed by atoms with Crippen molar-refractivity contribution in [3.05, 3.63) is 0 Å². The molecule has 0 aliphatic heterocycles. The lowest BCUT2D eigenvalue weighted by molar-refractivity contribution is 0.248. The van der Waals surface area contributed by atoms with Crippen molar-refractivity contribution < 1.29 is 5.11 Å². The molecule has 0 fully saturated rings. The second kappa shape index (κ2) is 11.5. The fraction of sp³-hybridized carbons (Fsp3) is 0.917. The maximum Gasteiger partial charge on any atom is 0.0621 e. The average molecular weight is 212 g/mol. The van der Waals surface area contributed by atoms with Crippen LogP contribution in [0.15, 0.2) is 0 Å². The maximum atomic E-state index is 8.87. The molecule has 3 nitrogen and oxygen atoms in total. The van der Waals surface area contributed by atoms with E-state index in [1.54, 1.807) is 0 Å². The lowest BCUT2D eigenvalue weighted by Crippen LogP contribution is -2.24. The predicted octanol–water partition coefficient (Wildman–Crippen LogP) is 2.07. The summed E-state index contributed by atoms with van der Waals surface area (Å²) in [6, 6.07) is 2.15. The van der Waals surface area contributed by atoms with E-state index in [4.69, 9.17) is 10.4 Å². The highest BCUT2D eigenvalue weighted by Crippen LogP contribution is 2.09. The molecule has 0 spiro atoms. The van der Waals surface area contributed by atoms with Crippen molar-refractivity contribution in [3.8, 4) is 6.07 Å². The molecule has 0 aromatic heterocycles. The van der Waals surface area contributed by atoms with Gasteiger partial charge in [-0.3, -0.25) is 0 Å². The highest BCUT2D eigenvalue weighted by molar-refractivity contribution is 4.68. The van der Waals surface area contributed by atoms with Crippen molar-refractivity contribution in [2.24, 2.45) is 5.92 Å². The van der Waals surface area contributed by atoms with Crippen LogP contribution in [-0.2, 0) is 0 Å². The Morgan fingerprint density at radius 3 is 2.73 bits per heavy atom. The van der Waals surface area contributed by atoms with Gasteiger partial charge in [0.2, 0.25) is 0 Å². The van der Waals surface area contributed by atoms with Crippen LogP contribution in [0.25, 0.3) is 0 Å². The third-order valence-electron chi connectivity index (χ3n) is 2.56. The molecule has 0 aliphatic rings. The van der Waals surface area contributed by atoms with Crippen LogP contribution in [0, 0.1) is 17.2 Å². The summed E-state index contributed by atoms with van der Waals surface area (Å²) in [4.78, 5) is 0. The molecule has 0 radical (unpaired) electrons. The number of unbranched alkanes of at least 4 members (excludes halogenated alkanes) is 2. The number of nitrogens with zero attached hydrogens (tertiary/aromatic N) is 1. The van der Waals surface area contributed by atoms with Gasteiger partial charge in [0.05, 0.1) is 6.07 Å². The lowest BCUT2D eigenvalue weighted by atomic mass is 10.0. The Bertz CT molecular complexity index is 159. The number of aliphatic hydroxyl groups excluding tert-OH is 1. The topological polar surface area (TPSA) is 56.0 Å². The minimum atomic E-state index is 0.292. The Kier molecular flexibility index (Phi) is 11.0. The van der Waals surface area contributed by atoms with Gasteiger partial charge in [-0.1, -0.05) is 13.3 Å². The Balaban J connectivity index is 3.32. The van der Waals surface area contributed by atoms with Crippen molar-refractivity contribution in [2.75, 3.05) is 19.7 Å². The highest BCUT2D eigenvalue weighted by atomic mass is 16.3. The zero-order valence-corrected chi connectivity index (χ0v) is 9.84. The van der Waals surface area contributed by atoms with Gasteiger partial charge in [0, 0.05) is 13.0 Å². The second-order valence-electron chi connectivity index (χ2n) is 3.99. The van der Waals surface area contributed by atoms with Crippen LogP contribution >= 0.6 is 0 Å². The van der Waals surface area contributed by atoms with Crippen LogP contribution in [0.1, 0.15) is 45.4 Å². The lowest BCUT2D eigenvalue weighted by Gasteiger charge is -2.15. The van der Waals surface area contributed by atoms with E-state index >= 15 is 0 Å². The van der Waals surface area contributed by atoms with Gasteiger partial charge >= 0.3 is 0 Å². The maximum absolute atomic E-state index is 8.87. The monoisotopic (exact) mass is 212 g/mol. The van der Waals surface area contributed by atoms with E-state index in [1.807, 2.05) is 0 Å². The van der Waals surface area contributed by atoms with E-state index in [-0.39, 0.29) is 0 Å². The van der Waals surface area contributed by atoms with Crippen LogP contribution in [0.4, 0.5) is 0 Å². The van der Waals surface area contributed by atoms with Crippen molar-refractivity contribution in [1.29, 1.82) is 5.26 Å². The van der Waals surface area contributed by atoms with Crippen LogP contribution in [0.3, 0.4) is 0 Å². The summed E-state index contributed by atoms with van der Waals surface area (Å²) in [7, 11) is 0. The zero-order valence-electron chi connectivity index (χ0n) is 9.84. The van der Waals surface area contributed by atoms with E-state index in [1.165, 1.54) is 12.8 Å². The first-order valence-corrected chi connectivity index (χ1v) is 6.03. The van der Waals surface area contributed by atoms with Gasteiger partial charge in [0.15, 0.2) is 0 Å². The number of rotatable bonds is 10. The molecule has 0 saturated carbocycles. The Labute approximate surface area is 93.5 Å². The van der Waals surface area contributed by atoms with Crippen molar-refractivity contribution in [2.45, 2.75) is 45.4 Å². The fourth-order valence-corrected chi connectivity index (χ4v) is 1.70. The van der Waals surface area contributed by atoms with E-state index in [0.29, 0.717) is 18.9 Å². The van der Waals surface area contributed by atoms with E-state index < -0.39 is 0 Å². The quantitative estimate of drug-likeness (QED) is 0.545. The summed E-state index contributed by atoms with van der Waals surface area (Å²) >= 11 is 0. The molecule has 3 heteroatoms. The van der Waals surface area contributed by atoms with Crippen LogP contribution in [-0.4, -0.2) is 24.8 Å². The van der Waals surface area contributed by atoms with Crippen LogP contribution in [0.2, 0.25) is 0 Å². The molecule has 1 unspecified atom stereocenters. The third-order valence-corrected chi connectivity index (χ3v) is 2.56. The summed E-state index contributed by atoms with van der Waals surface area (Å²) in [5.41, 5.74) is 0. The van der Waals surface area contributed by atoms with Gasteiger partial charge in [-0.2, -0.15) is 5.26 Å². The normalized spacial score (nSPS) is 12.3. The van der Waals surface area contributed by atoms with Gasteiger partial charge in [0.25, 0.3) is 0 Å². The van der Waals surface area contributed by atoms with Crippen molar-refractivity contribution in [3.63, 3.8) is 0 Å². The van der Waals surface area contributed by atoms with Crippen molar-refractivity contribution in [1.82, 2.24) is 5.32 Å². The summed E-state index contributed by atoms with van der Waals surface area (Å²) in [6.07, 6.45) is 6.00. The summed E-state index contributed by atoms with van der Waals surface area (Å²) in [5.74, 6) is 0.607. The molecule has 0 heterocycles. The molecule has 2 N–H and O–H groups in total. The third kappa shape index (κ3) is 9.71.